The van der Waals surface area contributed by atoms with Crippen molar-refractivity contribution >= 4 is 26.7 Å². The van der Waals surface area contributed by atoms with Gasteiger partial charge in [0.25, 0.3) is 5.56 Å². The maximum Gasteiger partial charge on any atom is 0.261 e. The van der Waals surface area contributed by atoms with Crippen LogP contribution in [0.15, 0.2) is 78.2 Å². The standard InChI is InChI=1S/C26H27N7O3S/c1-3-37(35,36)32-22(18-7-5-4-6-8-18)15-29-20-9-10-28-26(34)23(20)25-30-21-14-19(33-12-11-27-16-33)13-17(2)24(21)31-25/h4-14,16,22,32H,3,15H2,1-2H3,(H,30,31)(H2,28,29,34). The summed E-state index contributed by atoms with van der Waals surface area (Å²) < 4.78 is 29.4. The van der Waals surface area contributed by atoms with Crippen molar-refractivity contribution in [2.24, 2.45) is 0 Å². The van der Waals surface area contributed by atoms with E-state index in [-0.39, 0.29) is 17.9 Å². The fourth-order valence-corrected chi connectivity index (χ4v) is 5.06. The van der Waals surface area contributed by atoms with Crippen LogP contribution in [0.3, 0.4) is 0 Å². The van der Waals surface area contributed by atoms with Gasteiger partial charge < -0.3 is 19.9 Å². The molecule has 0 aliphatic rings. The molecule has 5 aromatic rings. The molecule has 0 spiro atoms. The Bertz CT molecular complexity index is 1690. The van der Waals surface area contributed by atoms with Crippen LogP contribution >= 0.6 is 0 Å². The highest BCUT2D eigenvalue weighted by atomic mass is 32.2. The van der Waals surface area contributed by atoms with Crippen LogP contribution in [0.25, 0.3) is 28.1 Å². The van der Waals surface area contributed by atoms with Gasteiger partial charge in [0.05, 0.1) is 34.8 Å². The molecule has 0 aliphatic carbocycles. The second-order valence-electron chi connectivity index (χ2n) is 8.68. The normalized spacial score (nSPS) is 12.6. The van der Waals surface area contributed by atoms with Gasteiger partial charge in [-0.05, 0) is 43.2 Å². The Hall–Kier alpha value is -4.22. The molecule has 1 atom stereocenters. The molecule has 3 heterocycles. The van der Waals surface area contributed by atoms with Gasteiger partial charge in [0.2, 0.25) is 10.0 Å². The highest BCUT2D eigenvalue weighted by molar-refractivity contribution is 7.89. The molecular formula is C26H27N7O3S. The Morgan fingerprint density at radius 1 is 1.14 bits per heavy atom. The number of nitrogens with zero attached hydrogens (tertiary/aromatic N) is 3. The third-order valence-electron chi connectivity index (χ3n) is 6.16. The number of pyridine rings is 1. The van der Waals surface area contributed by atoms with Crippen LogP contribution in [0.2, 0.25) is 0 Å². The quantitative estimate of drug-likeness (QED) is 0.236. The predicted molar refractivity (Wildman–Crippen MR) is 144 cm³/mol. The van der Waals surface area contributed by atoms with Crippen LogP contribution in [0.5, 0.6) is 0 Å². The zero-order valence-electron chi connectivity index (χ0n) is 20.4. The lowest BCUT2D eigenvalue weighted by atomic mass is 10.1. The van der Waals surface area contributed by atoms with E-state index < -0.39 is 16.1 Å². The van der Waals surface area contributed by atoms with Gasteiger partial charge in [0, 0.05) is 30.8 Å². The lowest BCUT2D eigenvalue weighted by Crippen LogP contribution is -2.34. The molecule has 0 aliphatic heterocycles. The molecule has 3 aromatic heterocycles. The topological polar surface area (TPSA) is 138 Å². The summed E-state index contributed by atoms with van der Waals surface area (Å²) in [6, 6.07) is 14.5. The number of aromatic amines is 2. The first kappa shape index (κ1) is 24.5. The molecule has 190 valence electrons. The third kappa shape index (κ3) is 5.18. The molecule has 5 rings (SSSR count). The van der Waals surface area contributed by atoms with Crippen LogP contribution < -0.4 is 15.6 Å². The molecule has 0 saturated carbocycles. The number of hydrogen-bond acceptors (Lipinski definition) is 6. The Labute approximate surface area is 213 Å². The van der Waals surface area contributed by atoms with Gasteiger partial charge in [-0.3, -0.25) is 4.79 Å². The predicted octanol–water partition coefficient (Wildman–Crippen LogP) is 3.50. The molecule has 37 heavy (non-hydrogen) atoms. The summed E-state index contributed by atoms with van der Waals surface area (Å²) in [5, 5.41) is 3.27. The van der Waals surface area contributed by atoms with Gasteiger partial charge in [-0.25, -0.2) is 23.1 Å². The van der Waals surface area contributed by atoms with Crippen molar-refractivity contribution in [3.05, 3.63) is 94.9 Å². The third-order valence-corrected chi connectivity index (χ3v) is 7.57. The van der Waals surface area contributed by atoms with Crippen molar-refractivity contribution in [1.29, 1.82) is 0 Å². The Kier molecular flexibility index (Phi) is 6.64. The zero-order chi connectivity index (χ0) is 26.0. The van der Waals surface area contributed by atoms with Crippen molar-refractivity contribution in [3.63, 3.8) is 0 Å². The maximum absolute atomic E-state index is 13.0. The lowest BCUT2D eigenvalue weighted by Gasteiger charge is -2.20. The Balaban J connectivity index is 1.50. The maximum atomic E-state index is 13.0. The average Bonchev–Trinajstić information content (AvgIpc) is 3.58. The van der Waals surface area contributed by atoms with E-state index in [1.807, 2.05) is 60.2 Å². The molecular weight excluding hydrogens is 490 g/mol. The van der Waals surface area contributed by atoms with Crippen LogP contribution in [0, 0.1) is 6.92 Å². The summed E-state index contributed by atoms with van der Waals surface area (Å²) in [5.41, 5.74) is 4.78. The monoisotopic (exact) mass is 517 g/mol. The molecule has 0 radical (unpaired) electrons. The Morgan fingerprint density at radius 2 is 1.95 bits per heavy atom. The summed E-state index contributed by atoms with van der Waals surface area (Å²) in [7, 11) is -3.47. The number of hydrogen-bond donors (Lipinski definition) is 4. The molecule has 0 bridgehead atoms. The molecule has 0 fully saturated rings. The lowest BCUT2D eigenvalue weighted by molar-refractivity contribution is 0.563. The van der Waals surface area contributed by atoms with Crippen molar-refractivity contribution in [2.75, 3.05) is 17.6 Å². The highest BCUT2D eigenvalue weighted by Gasteiger charge is 2.20. The number of fused-ring (bicyclic) bond motifs is 1. The van der Waals surface area contributed by atoms with Gasteiger partial charge in [-0.2, -0.15) is 0 Å². The minimum Gasteiger partial charge on any atom is -0.382 e. The van der Waals surface area contributed by atoms with Crippen LogP contribution in [0.4, 0.5) is 5.69 Å². The number of H-pyrrole nitrogens is 2. The zero-order valence-corrected chi connectivity index (χ0v) is 21.2. The summed E-state index contributed by atoms with van der Waals surface area (Å²) in [6.45, 7) is 3.78. The highest BCUT2D eigenvalue weighted by Crippen LogP contribution is 2.28. The van der Waals surface area contributed by atoms with Crippen molar-refractivity contribution in [1.82, 2.24) is 29.2 Å². The first-order valence-corrected chi connectivity index (χ1v) is 13.5. The summed E-state index contributed by atoms with van der Waals surface area (Å²) >= 11 is 0. The fraction of sp³-hybridized carbons (Fsp3) is 0.192. The number of benzene rings is 2. The number of anilines is 1. The average molecular weight is 518 g/mol. The van der Waals surface area contributed by atoms with Gasteiger partial charge in [-0.1, -0.05) is 30.3 Å². The molecule has 0 saturated heterocycles. The fourth-order valence-electron chi connectivity index (χ4n) is 4.24. The van der Waals surface area contributed by atoms with Gasteiger partial charge >= 0.3 is 0 Å². The summed E-state index contributed by atoms with van der Waals surface area (Å²) in [6.07, 6.45) is 6.84. The molecule has 2 aromatic carbocycles. The SMILES string of the molecule is CCS(=O)(=O)NC(CNc1cc[nH]c(=O)c1-c1nc2c(C)cc(-n3ccnc3)cc2[nH]1)c1ccccc1. The molecule has 0 amide bonds. The minimum absolute atomic E-state index is 0.0357. The van der Waals surface area contributed by atoms with Crippen LogP contribution in [-0.2, 0) is 10.0 Å². The van der Waals surface area contributed by atoms with E-state index in [4.69, 9.17) is 4.98 Å². The van der Waals surface area contributed by atoms with E-state index in [9.17, 15) is 13.2 Å². The molecule has 4 N–H and O–H groups in total. The van der Waals surface area contributed by atoms with Crippen molar-refractivity contribution < 1.29 is 8.42 Å². The van der Waals surface area contributed by atoms with Gasteiger partial charge in [0.15, 0.2) is 0 Å². The first-order chi connectivity index (χ1) is 17.8. The second-order valence-corrected chi connectivity index (χ2v) is 10.7. The van der Waals surface area contributed by atoms with Crippen LogP contribution in [-0.4, -0.2) is 45.2 Å². The van der Waals surface area contributed by atoms with Gasteiger partial charge in [0.1, 0.15) is 11.4 Å². The number of nitrogens with one attached hydrogen (secondary N) is 4. The smallest absolute Gasteiger partial charge is 0.261 e. The van der Waals surface area contributed by atoms with E-state index in [2.05, 4.69) is 25.0 Å². The second kappa shape index (κ2) is 10.0. The Morgan fingerprint density at radius 3 is 2.68 bits per heavy atom. The summed E-state index contributed by atoms with van der Waals surface area (Å²) in [4.78, 5) is 27.8. The summed E-state index contributed by atoms with van der Waals surface area (Å²) in [5.74, 6) is 0.377. The largest absolute Gasteiger partial charge is 0.382 e. The van der Waals surface area contributed by atoms with E-state index in [0.29, 0.717) is 17.1 Å². The number of rotatable bonds is 9. The van der Waals surface area contributed by atoms with Crippen molar-refractivity contribution in [3.8, 4) is 17.1 Å². The number of imidazole rings is 2. The van der Waals surface area contributed by atoms with E-state index >= 15 is 0 Å². The van der Waals surface area contributed by atoms with E-state index in [1.165, 1.54) is 0 Å². The first-order valence-electron chi connectivity index (χ1n) is 11.8. The molecule has 10 nitrogen and oxygen atoms in total. The number of sulfonamides is 1. The van der Waals surface area contributed by atoms with E-state index in [0.717, 1.165) is 27.8 Å². The van der Waals surface area contributed by atoms with E-state index in [1.54, 1.807) is 31.7 Å². The minimum atomic E-state index is -3.47. The van der Waals surface area contributed by atoms with Crippen LogP contribution in [0.1, 0.15) is 24.1 Å². The molecule has 11 heteroatoms. The molecule has 1 unspecified atom stereocenters. The number of aryl methyl sites for hydroxylation is 1. The van der Waals surface area contributed by atoms with Crippen molar-refractivity contribution in [2.45, 2.75) is 19.9 Å². The van der Waals surface area contributed by atoms with Gasteiger partial charge in [-0.15, -0.1) is 0 Å². The number of aromatic nitrogens is 5.